The molecule has 6 heteroatoms. The Balaban J connectivity index is 0.00000320. The van der Waals surface area contributed by atoms with Gasteiger partial charge in [0.25, 0.3) is 0 Å². The van der Waals surface area contributed by atoms with Crippen LogP contribution in [0.3, 0.4) is 0 Å². The standard InChI is InChI=1S/C31H29NO4.Na/c1-22(33)35-36-27-18-11-12-23(21-27)20-26-17-9-4-10-19-28(26)31-32-29(24-13-5-2-6-14-24)30(34-31)25-15-7-3-8-16-25;/h2-3,5-8,11-16,18-19,21,26H,4,9-10,17,20H2,1H3;. The van der Waals surface area contributed by atoms with E-state index in [1.807, 2.05) is 48.5 Å². The summed E-state index contributed by atoms with van der Waals surface area (Å²) in [6, 6.07) is 28.1. The van der Waals surface area contributed by atoms with Gasteiger partial charge in [0.2, 0.25) is 5.89 Å². The predicted octanol–water partition coefficient (Wildman–Crippen LogP) is 7.30. The molecule has 1 aliphatic carbocycles. The maximum atomic E-state index is 11.1. The van der Waals surface area contributed by atoms with Crippen molar-refractivity contribution in [3.63, 3.8) is 0 Å². The van der Waals surface area contributed by atoms with Crippen LogP contribution in [0.5, 0.6) is 5.75 Å². The Kier molecular flexibility index (Phi) is 9.40. The molecule has 1 aromatic heterocycles. The van der Waals surface area contributed by atoms with Crippen LogP contribution >= 0.6 is 0 Å². The molecule has 183 valence electrons. The van der Waals surface area contributed by atoms with Crippen LogP contribution in [0.1, 0.15) is 44.1 Å². The van der Waals surface area contributed by atoms with Crippen molar-refractivity contribution in [1.29, 1.82) is 0 Å². The molecular weight excluding hydrogens is 473 g/mol. The summed E-state index contributed by atoms with van der Waals surface area (Å²) in [6.07, 6.45) is 7.45. The molecule has 0 amide bonds. The minimum atomic E-state index is -0.485. The molecule has 0 fully saturated rings. The number of rotatable bonds is 7. The van der Waals surface area contributed by atoms with E-state index in [1.54, 1.807) is 6.07 Å². The third kappa shape index (κ3) is 6.80. The topological polar surface area (TPSA) is 61.6 Å². The van der Waals surface area contributed by atoms with Gasteiger partial charge < -0.3 is 4.42 Å². The van der Waals surface area contributed by atoms with Gasteiger partial charge >= 0.3 is 5.97 Å². The van der Waals surface area contributed by atoms with Gasteiger partial charge in [-0.25, -0.2) is 9.78 Å². The minimum Gasteiger partial charge on any atom is -0.436 e. The predicted molar refractivity (Wildman–Crippen MR) is 146 cm³/mol. The van der Waals surface area contributed by atoms with Crippen molar-refractivity contribution in [1.82, 2.24) is 4.98 Å². The number of oxazole rings is 1. The third-order valence-corrected chi connectivity index (χ3v) is 6.40. The summed E-state index contributed by atoms with van der Waals surface area (Å²) in [5.41, 5.74) is 5.16. The molecule has 3 aromatic carbocycles. The molecule has 5 nitrogen and oxygen atoms in total. The zero-order valence-electron chi connectivity index (χ0n) is 21.4. The van der Waals surface area contributed by atoms with Crippen molar-refractivity contribution in [2.24, 2.45) is 5.92 Å². The fraction of sp³-hybridized carbons (Fsp3) is 0.226. The number of aromatic nitrogens is 1. The van der Waals surface area contributed by atoms with E-state index in [0.717, 1.165) is 65.8 Å². The Bertz CT molecular complexity index is 1290. The van der Waals surface area contributed by atoms with E-state index in [2.05, 4.69) is 36.4 Å². The zero-order chi connectivity index (χ0) is 24.7. The van der Waals surface area contributed by atoms with E-state index in [9.17, 15) is 4.79 Å². The molecule has 1 unspecified atom stereocenters. The third-order valence-electron chi connectivity index (χ3n) is 6.40. The molecule has 37 heavy (non-hydrogen) atoms. The molecule has 1 heterocycles. The van der Waals surface area contributed by atoms with Crippen molar-refractivity contribution < 1.29 is 19.0 Å². The molecule has 0 aliphatic heterocycles. The molecule has 1 atom stereocenters. The SMILES string of the molecule is CC(=O)OOc1cccc(CC2CCCCC=C2c2nc(-c3ccccc3)c(-c3ccccc3)o2)c1.[Na]. The number of hydrogen-bond donors (Lipinski definition) is 0. The fourth-order valence-corrected chi connectivity index (χ4v) is 4.72. The number of carbonyl (C=O) groups excluding carboxylic acids is 1. The summed E-state index contributed by atoms with van der Waals surface area (Å²) in [4.78, 5) is 26.0. The second-order valence-electron chi connectivity index (χ2n) is 9.08. The molecule has 0 saturated heterocycles. The monoisotopic (exact) mass is 502 g/mol. The molecule has 1 aliphatic rings. The van der Waals surface area contributed by atoms with E-state index in [1.165, 1.54) is 6.92 Å². The Morgan fingerprint density at radius 2 is 1.68 bits per heavy atom. The van der Waals surface area contributed by atoms with Crippen LogP contribution in [0.25, 0.3) is 28.2 Å². The average molecular weight is 503 g/mol. The van der Waals surface area contributed by atoms with E-state index in [0.29, 0.717) is 11.6 Å². The molecule has 0 N–H and O–H groups in total. The van der Waals surface area contributed by atoms with Gasteiger partial charge in [0.05, 0.1) is 0 Å². The van der Waals surface area contributed by atoms with Crippen molar-refractivity contribution in [3.05, 3.63) is 102 Å². The first-order valence-corrected chi connectivity index (χ1v) is 12.4. The first-order chi connectivity index (χ1) is 17.7. The smallest absolute Gasteiger partial charge is 0.352 e. The quantitative estimate of drug-likeness (QED) is 0.151. The number of hydrogen-bond acceptors (Lipinski definition) is 5. The van der Waals surface area contributed by atoms with Gasteiger partial charge in [-0.1, -0.05) is 85.3 Å². The van der Waals surface area contributed by atoms with Crippen LogP contribution in [0.4, 0.5) is 0 Å². The first kappa shape index (κ1) is 26.9. The second-order valence-corrected chi connectivity index (χ2v) is 9.08. The largest absolute Gasteiger partial charge is 0.436 e. The Labute approximate surface area is 239 Å². The van der Waals surface area contributed by atoms with Crippen molar-refractivity contribution in [3.8, 4) is 28.3 Å². The van der Waals surface area contributed by atoms with Crippen LogP contribution in [0.15, 0.2) is 95.4 Å². The first-order valence-electron chi connectivity index (χ1n) is 12.4. The Morgan fingerprint density at radius 3 is 2.41 bits per heavy atom. The van der Waals surface area contributed by atoms with Crippen molar-refractivity contribution in [2.75, 3.05) is 0 Å². The van der Waals surface area contributed by atoms with E-state index in [-0.39, 0.29) is 35.5 Å². The maximum absolute atomic E-state index is 11.1. The normalized spacial score (nSPS) is 15.2. The van der Waals surface area contributed by atoms with Crippen LogP contribution < -0.4 is 4.89 Å². The minimum absolute atomic E-state index is 0. The Morgan fingerprint density at radius 1 is 0.946 bits per heavy atom. The number of benzene rings is 3. The van der Waals surface area contributed by atoms with E-state index in [4.69, 9.17) is 19.2 Å². The molecule has 0 saturated carbocycles. The summed E-state index contributed by atoms with van der Waals surface area (Å²) in [5, 5.41) is 0. The summed E-state index contributed by atoms with van der Waals surface area (Å²) < 4.78 is 6.55. The second kappa shape index (κ2) is 12.9. The van der Waals surface area contributed by atoms with Crippen LogP contribution in [-0.2, 0) is 16.1 Å². The number of allylic oxidation sites excluding steroid dienone is 2. The summed E-state index contributed by atoms with van der Waals surface area (Å²) >= 11 is 0. The van der Waals surface area contributed by atoms with Crippen LogP contribution in [-0.4, -0.2) is 40.5 Å². The summed E-state index contributed by atoms with van der Waals surface area (Å²) in [6.45, 7) is 1.32. The molecular formula is C31H29NNaO4. The maximum Gasteiger partial charge on any atom is 0.352 e. The van der Waals surface area contributed by atoms with Crippen LogP contribution in [0.2, 0.25) is 0 Å². The van der Waals surface area contributed by atoms with E-state index < -0.39 is 5.97 Å². The molecule has 0 spiro atoms. The fourth-order valence-electron chi connectivity index (χ4n) is 4.72. The molecule has 4 aromatic rings. The average Bonchev–Trinajstić information content (AvgIpc) is 3.23. The van der Waals surface area contributed by atoms with Gasteiger partial charge in [0, 0.05) is 53.2 Å². The van der Waals surface area contributed by atoms with Gasteiger partial charge in [-0.2, -0.15) is 0 Å². The van der Waals surface area contributed by atoms with Crippen LogP contribution in [0, 0.1) is 5.92 Å². The van der Waals surface area contributed by atoms with Gasteiger partial charge in [-0.15, -0.1) is 0 Å². The van der Waals surface area contributed by atoms with E-state index >= 15 is 0 Å². The van der Waals surface area contributed by atoms with Crippen molar-refractivity contribution >= 4 is 41.1 Å². The molecule has 5 rings (SSSR count). The number of nitrogens with zero attached hydrogens (tertiary/aromatic N) is 1. The van der Waals surface area contributed by atoms with Crippen molar-refractivity contribution in [2.45, 2.75) is 39.0 Å². The summed E-state index contributed by atoms with van der Waals surface area (Å²) in [5.74, 6) is 1.75. The van der Waals surface area contributed by atoms with Gasteiger partial charge in [0.1, 0.15) is 5.69 Å². The van der Waals surface area contributed by atoms with Gasteiger partial charge in [0.15, 0.2) is 11.5 Å². The molecule has 0 bridgehead atoms. The van der Waals surface area contributed by atoms with Gasteiger partial charge in [-0.05, 0) is 49.3 Å². The summed E-state index contributed by atoms with van der Waals surface area (Å²) in [7, 11) is 0. The number of carbonyl (C=O) groups is 1. The molecule has 1 radical (unpaired) electrons. The van der Waals surface area contributed by atoms with Gasteiger partial charge in [-0.3, -0.25) is 9.78 Å². The Hall–Kier alpha value is -3.12. The zero-order valence-corrected chi connectivity index (χ0v) is 23.4.